The standard InChI is InChI=1S/C17H20N4O4/c1-24-15-7-6-12(10-18-15)20-17(23)21-8-2-5-14(21)16(22)19-11-13-4-3-9-25-13/h3-4,6-7,9-10,14H,2,5,8,11H2,1H3,(H,19,22)(H,20,23)/t14-/m1/s1. The molecule has 2 N–H and O–H groups in total. The summed E-state index contributed by atoms with van der Waals surface area (Å²) in [5.41, 5.74) is 0.549. The van der Waals surface area contributed by atoms with Crippen LogP contribution in [-0.2, 0) is 11.3 Å². The van der Waals surface area contributed by atoms with Gasteiger partial charge in [-0.2, -0.15) is 0 Å². The lowest BCUT2D eigenvalue weighted by Gasteiger charge is -2.24. The van der Waals surface area contributed by atoms with Crippen molar-refractivity contribution in [1.82, 2.24) is 15.2 Å². The second-order valence-electron chi connectivity index (χ2n) is 5.67. The zero-order valence-electron chi connectivity index (χ0n) is 13.9. The van der Waals surface area contributed by atoms with Crippen LogP contribution in [0.2, 0.25) is 0 Å². The van der Waals surface area contributed by atoms with Crippen molar-refractivity contribution in [3.63, 3.8) is 0 Å². The Kier molecular flexibility index (Phi) is 5.17. The Morgan fingerprint density at radius 2 is 2.28 bits per heavy atom. The van der Waals surface area contributed by atoms with E-state index >= 15 is 0 Å². The Labute approximate surface area is 145 Å². The van der Waals surface area contributed by atoms with Crippen LogP contribution in [0.1, 0.15) is 18.6 Å². The Morgan fingerprint density at radius 1 is 1.40 bits per heavy atom. The van der Waals surface area contributed by atoms with Crippen LogP contribution < -0.4 is 15.4 Å². The molecule has 3 rings (SSSR count). The zero-order valence-corrected chi connectivity index (χ0v) is 13.9. The topological polar surface area (TPSA) is 96.7 Å². The highest BCUT2D eigenvalue weighted by Crippen LogP contribution is 2.20. The fourth-order valence-corrected chi connectivity index (χ4v) is 2.76. The quantitative estimate of drug-likeness (QED) is 0.865. The van der Waals surface area contributed by atoms with Crippen molar-refractivity contribution in [3.8, 4) is 5.88 Å². The van der Waals surface area contributed by atoms with Crippen LogP contribution >= 0.6 is 0 Å². The lowest BCUT2D eigenvalue weighted by molar-refractivity contribution is -0.124. The summed E-state index contributed by atoms with van der Waals surface area (Å²) in [6.07, 6.45) is 4.49. The zero-order chi connectivity index (χ0) is 17.6. The highest BCUT2D eigenvalue weighted by molar-refractivity contribution is 5.94. The molecule has 3 heterocycles. The van der Waals surface area contributed by atoms with Gasteiger partial charge < -0.3 is 24.7 Å². The van der Waals surface area contributed by atoms with Crippen molar-refractivity contribution in [2.45, 2.75) is 25.4 Å². The van der Waals surface area contributed by atoms with E-state index in [0.29, 0.717) is 36.8 Å². The highest BCUT2D eigenvalue weighted by atomic mass is 16.5. The summed E-state index contributed by atoms with van der Waals surface area (Å²) >= 11 is 0. The number of furan rings is 1. The first-order valence-electron chi connectivity index (χ1n) is 8.05. The van der Waals surface area contributed by atoms with Gasteiger partial charge in [0.05, 0.1) is 31.8 Å². The number of pyridine rings is 1. The van der Waals surface area contributed by atoms with Crippen LogP contribution in [0.4, 0.5) is 10.5 Å². The van der Waals surface area contributed by atoms with Gasteiger partial charge in [-0.25, -0.2) is 9.78 Å². The Hall–Kier alpha value is -3.03. The number of anilines is 1. The lowest BCUT2D eigenvalue weighted by atomic mass is 10.2. The van der Waals surface area contributed by atoms with Crippen LogP contribution in [0.5, 0.6) is 5.88 Å². The molecule has 1 fully saturated rings. The minimum absolute atomic E-state index is 0.183. The third-order valence-electron chi connectivity index (χ3n) is 4.03. The molecule has 0 spiro atoms. The number of aromatic nitrogens is 1. The molecule has 0 aliphatic carbocycles. The summed E-state index contributed by atoms with van der Waals surface area (Å²) in [4.78, 5) is 30.4. The summed E-state index contributed by atoms with van der Waals surface area (Å²) in [6.45, 7) is 0.842. The lowest BCUT2D eigenvalue weighted by Crippen LogP contribution is -2.47. The number of hydrogen-bond donors (Lipinski definition) is 2. The van der Waals surface area contributed by atoms with Crippen molar-refractivity contribution in [1.29, 1.82) is 0 Å². The highest BCUT2D eigenvalue weighted by Gasteiger charge is 2.34. The first-order valence-corrected chi connectivity index (χ1v) is 8.05. The molecule has 0 aromatic carbocycles. The molecule has 1 atom stereocenters. The molecule has 0 bridgehead atoms. The SMILES string of the molecule is COc1ccc(NC(=O)N2CCC[C@@H]2C(=O)NCc2ccco2)cn1. The molecule has 8 nitrogen and oxygen atoms in total. The molecule has 1 aliphatic rings. The predicted octanol–water partition coefficient (Wildman–Crippen LogP) is 2.00. The van der Waals surface area contributed by atoms with Gasteiger partial charge >= 0.3 is 6.03 Å². The molecule has 1 saturated heterocycles. The number of carbonyl (C=O) groups is 2. The smallest absolute Gasteiger partial charge is 0.322 e. The van der Waals surface area contributed by atoms with Gasteiger partial charge in [0.2, 0.25) is 11.8 Å². The number of ether oxygens (including phenoxy) is 1. The molecule has 1 aliphatic heterocycles. The predicted molar refractivity (Wildman–Crippen MR) is 90.1 cm³/mol. The molecule has 2 aromatic rings. The summed E-state index contributed by atoms with van der Waals surface area (Å²) in [7, 11) is 1.52. The fraction of sp³-hybridized carbons (Fsp3) is 0.353. The number of rotatable bonds is 5. The summed E-state index contributed by atoms with van der Waals surface area (Å²) < 4.78 is 10.2. The molecule has 132 valence electrons. The van der Waals surface area contributed by atoms with Crippen molar-refractivity contribution in [2.75, 3.05) is 19.0 Å². The molecular formula is C17H20N4O4. The van der Waals surface area contributed by atoms with Crippen LogP contribution in [-0.4, -0.2) is 41.5 Å². The van der Waals surface area contributed by atoms with E-state index in [1.165, 1.54) is 13.3 Å². The third-order valence-corrected chi connectivity index (χ3v) is 4.03. The number of likely N-dealkylation sites (tertiary alicyclic amines) is 1. The van der Waals surface area contributed by atoms with Crippen molar-refractivity contribution < 1.29 is 18.7 Å². The van der Waals surface area contributed by atoms with Crippen molar-refractivity contribution in [3.05, 3.63) is 42.5 Å². The normalized spacial score (nSPS) is 16.5. The van der Waals surface area contributed by atoms with Gasteiger partial charge in [-0.1, -0.05) is 0 Å². The van der Waals surface area contributed by atoms with E-state index < -0.39 is 6.04 Å². The van der Waals surface area contributed by atoms with Gasteiger partial charge in [0.25, 0.3) is 0 Å². The molecule has 25 heavy (non-hydrogen) atoms. The van der Waals surface area contributed by atoms with E-state index in [2.05, 4.69) is 15.6 Å². The fourth-order valence-electron chi connectivity index (χ4n) is 2.76. The average molecular weight is 344 g/mol. The van der Waals surface area contributed by atoms with Crippen LogP contribution in [0, 0.1) is 0 Å². The Morgan fingerprint density at radius 3 is 2.96 bits per heavy atom. The maximum atomic E-state index is 12.5. The third kappa shape index (κ3) is 4.09. The largest absolute Gasteiger partial charge is 0.481 e. The second kappa shape index (κ2) is 7.69. The van der Waals surface area contributed by atoms with Gasteiger partial charge in [-0.05, 0) is 31.0 Å². The van der Waals surface area contributed by atoms with E-state index in [1.54, 1.807) is 35.4 Å². The average Bonchev–Trinajstić information content (AvgIpc) is 3.32. The Bertz CT molecular complexity index is 715. The number of methoxy groups -OCH3 is 1. The number of hydrogen-bond acceptors (Lipinski definition) is 5. The second-order valence-corrected chi connectivity index (χ2v) is 5.67. The first kappa shape index (κ1) is 16.8. The van der Waals surface area contributed by atoms with Crippen molar-refractivity contribution >= 4 is 17.6 Å². The number of carbonyl (C=O) groups excluding carboxylic acids is 2. The van der Waals surface area contributed by atoms with E-state index in [4.69, 9.17) is 9.15 Å². The molecule has 8 heteroatoms. The number of nitrogens with zero attached hydrogens (tertiary/aromatic N) is 2. The number of urea groups is 1. The molecule has 0 saturated carbocycles. The Balaban J connectivity index is 1.57. The van der Waals surface area contributed by atoms with Crippen LogP contribution in [0.3, 0.4) is 0 Å². The maximum absolute atomic E-state index is 12.5. The van der Waals surface area contributed by atoms with Gasteiger partial charge in [0.1, 0.15) is 11.8 Å². The van der Waals surface area contributed by atoms with Gasteiger partial charge in [0.15, 0.2) is 0 Å². The molecule has 0 unspecified atom stereocenters. The molecular weight excluding hydrogens is 324 g/mol. The summed E-state index contributed by atoms with van der Waals surface area (Å²) in [5.74, 6) is 0.956. The monoisotopic (exact) mass is 344 g/mol. The van der Waals surface area contributed by atoms with E-state index in [9.17, 15) is 9.59 Å². The van der Waals surface area contributed by atoms with Gasteiger partial charge in [-0.3, -0.25) is 4.79 Å². The molecule has 3 amide bonds. The maximum Gasteiger partial charge on any atom is 0.322 e. The number of nitrogens with one attached hydrogen (secondary N) is 2. The van der Waals surface area contributed by atoms with E-state index in [1.807, 2.05) is 0 Å². The van der Waals surface area contributed by atoms with E-state index in [-0.39, 0.29) is 11.9 Å². The summed E-state index contributed by atoms with van der Waals surface area (Å²) in [6, 6.07) is 6.11. The van der Waals surface area contributed by atoms with E-state index in [0.717, 1.165) is 6.42 Å². The minimum atomic E-state index is -0.485. The summed E-state index contributed by atoms with van der Waals surface area (Å²) in [5, 5.41) is 5.57. The minimum Gasteiger partial charge on any atom is -0.481 e. The molecule has 2 aromatic heterocycles. The van der Waals surface area contributed by atoms with Crippen LogP contribution in [0.15, 0.2) is 41.1 Å². The molecule has 0 radical (unpaired) electrons. The van der Waals surface area contributed by atoms with Gasteiger partial charge in [0, 0.05) is 12.6 Å². The van der Waals surface area contributed by atoms with Crippen LogP contribution in [0.25, 0.3) is 0 Å². The van der Waals surface area contributed by atoms with Crippen molar-refractivity contribution in [2.24, 2.45) is 0 Å². The van der Waals surface area contributed by atoms with Gasteiger partial charge in [-0.15, -0.1) is 0 Å². The number of amides is 3. The first-order chi connectivity index (χ1) is 12.2.